The van der Waals surface area contributed by atoms with Gasteiger partial charge in [-0.25, -0.2) is 9.97 Å². The third-order valence-corrected chi connectivity index (χ3v) is 4.18. The highest BCUT2D eigenvalue weighted by Gasteiger charge is 2.42. The number of nitrogens with one attached hydrogen (secondary N) is 1. The highest BCUT2D eigenvalue weighted by atomic mass is 19.4. The number of anilines is 1. The minimum absolute atomic E-state index is 0.0363. The van der Waals surface area contributed by atoms with E-state index in [1.165, 1.54) is 12.4 Å². The van der Waals surface area contributed by atoms with Crippen LogP contribution in [0.2, 0.25) is 0 Å². The number of hydrogen-bond acceptors (Lipinski definition) is 5. The van der Waals surface area contributed by atoms with E-state index in [2.05, 4.69) is 20.3 Å². The van der Waals surface area contributed by atoms with Crippen LogP contribution in [0.15, 0.2) is 30.6 Å². The van der Waals surface area contributed by atoms with E-state index in [-0.39, 0.29) is 24.2 Å². The molecule has 24 heavy (non-hydrogen) atoms. The molecule has 8 heteroatoms. The summed E-state index contributed by atoms with van der Waals surface area (Å²) in [7, 11) is 0. The van der Waals surface area contributed by atoms with Crippen LogP contribution < -0.4 is 5.32 Å². The van der Waals surface area contributed by atoms with Gasteiger partial charge in [0.15, 0.2) is 11.5 Å². The van der Waals surface area contributed by atoms with E-state index in [9.17, 15) is 18.3 Å². The smallest absolute Gasteiger partial charge is 0.394 e. The van der Waals surface area contributed by atoms with Crippen molar-refractivity contribution in [1.82, 2.24) is 15.0 Å². The Kier molecular flexibility index (Phi) is 4.16. The van der Waals surface area contributed by atoms with E-state index in [4.69, 9.17) is 0 Å². The highest BCUT2D eigenvalue weighted by Crippen LogP contribution is 2.41. The minimum Gasteiger partial charge on any atom is -0.394 e. The van der Waals surface area contributed by atoms with Crippen molar-refractivity contribution in [1.29, 1.82) is 0 Å². The lowest BCUT2D eigenvalue weighted by Gasteiger charge is -2.29. The monoisotopic (exact) mass is 338 g/mol. The molecule has 0 saturated heterocycles. The lowest BCUT2D eigenvalue weighted by Crippen LogP contribution is -2.41. The lowest BCUT2D eigenvalue weighted by atomic mass is 9.97. The first kappa shape index (κ1) is 16.6. The molecule has 1 fully saturated rings. The molecule has 0 aliphatic heterocycles. The molecular formula is C16H17F3N4O. The molecule has 1 aliphatic carbocycles. The Hall–Kier alpha value is -2.22. The zero-order chi connectivity index (χ0) is 17.4. The molecule has 128 valence electrons. The molecule has 0 spiro atoms. The number of nitrogens with zero attached hydrogens (tertiary/aromatic N) is 3. The first-order valence-corrected chi connectivity index (χ1v) is 7.57. The van der Waals surface area contributed by atoms with Gasteiger partial charge in [0.25, 0.3) is 0 Å². The van der Waals surface area contributed by atoms with Crippen LogP contribution in [-0.2, 0) is 6.18 Å². The van der Waals surface area contributed by atoms with Gasteiger partial charge in [-0.2, -0.15) is 13.2 Å². The standard InChI is InChI=1S/C16H17F3N4O/c1-15(9-24,11-2-3-11)23-13-8-12(16(17,18)19)21-14(22-13)10-4-6-20-7-5-10/h4-8,11,24H,2-3,9H2,1H3,(H,21,22,23). The quantitative estimate of drug-likeness (QED) is 0.876. The Morgan fingerprint density at radius 3 is 2.42 bits per heavy atom. The topological polar surface area (TPSA) is 70.9 Å². The van der Waals surface area contributed by atoms with Crippen LogP contribution >= 0.6 is 0 Å². The molecule has 1 unspecified atom stereocenters. The number of pyridine rings is 1. The SMILES string of the molecule is CC(CO)(Nc1cc(C(F)(F)F)nc(-c2ccncc2)n1)C1CC1. The summed E-state index contributed by atoms with van der Waals surface area (Å²) in [5.41, 5.74) is -1.29. The predicted octanol–water partition coefficient (Wildman–Crippen LogP) is 3.13. The average Bonchev–Trinajstić information content (AvgIpc) is 3.40. The summed E-state index contributed by atoms with van der Waals surface area (Å²) < 4.78 is 39.5. The van der Waals surface area contributed by atoms with Gasteiger partial charge in [-0.05, 0) is 37.8 Å². The third kappa shape index (κ3) is 3.48. The van der Waals surface area contributed by atoms with Gasteiger partial charge < -0.3 is 10.4 Å². The van der Waals surface area contributed by atoms with Crippen molar-refractivity contribution in [2.75, 3.05) is 11.9 Å². The second-order valence-corrected chi connectivity index (χ2v) is 6.17. The van der Waals surface area contributed by atoms with Crippen LogP contribution in [0.4, 0.5) is 19.0 Å². The summed E-state index contributed by atoms with van der Waals surface area (Å²) in [5.74, 6) is 0.231. The Morgan fingerprint density at radius 2 is 1.88 bits per heavy atom. The van der Waals surface area contributed by atoms with Crippen LogP contribution in [0.5, 0.6) is 0 Å². The molecule has 2 N–H and O–H groups in total. The van der Waals surface area contributed by atoms with Crippen molar-refractivity contribution in [2.45, 2.75) is 31.5 Å². The maximum atomic E-state index is 13.2. The minimum atomic E-state index is -4.59. The van der Waals surface area contributed by atoms with Gasteiger partial charge in [-0.15, -0.1) is 0 Å². The van der Waals surface area contributed by atoms with E-state index in [1.54, 1.807) is 19.1 Å². The Morgan fingerprint density at radius 1 is 1.21 bits per heavy atom. The second kappa shape index (κ2) is 6.01. The highest BCUT2D eigenvalue weighted by molar-refractivity contribution is 5.57. The van der Waals surface area contributed by atoms with Gasteiger partial charge in [-0.3, -0.25) is 4.98 Å². The fourth-order valence-corrected chi connectivity index (χ4v) is 2.57. The largest absolute Gasteiger partial charge is 0.433 e. The summed E-state index contributed by atoms with van der Waals surface area (Å²) in [5, 5.41) is 12.6. The average molecular weight is 338 g/mol. The molecule has 0 bridgehead atoms. The summed E-state index contributed by atoms with van der Waals surface area (Å²) in [6.07, 6.45) is 0.204. The number of rotatable bonds is 5. The molecule has 0 radical (unpaired) electrons. The fourth-order valence-electron chi connectivity index (χ4n) is 2.57. The number of aromatic nitrogens is 3. The van der Waals surface area contributed by atoms with Gasteiger partial charge in [-0.1, -0.05) is 0 Å². The zero-order valence-electron chi connectivity index (χ0n) is 13.0. The van der Waals surface area contributed by atoms with E-state index in [0.29, 0.717) is 5.56 Å². The van der Waals surface area contributed by atoms with E-state index in [1.807, 2.05) is 0 Å². The molecule has 1 saturated carbocycles. The summed E-state index contributed by atoms with van der Waals surface area (Å²) in [6.45, 7) is 1.60. The maximum absolute atomic E-state index is 13.2. The first-order chi connectivity index (χ1) is 11.3. The summed E-state index contributed by atoms with van der Waals surface area (Å²) in [6, 6.07) is 3.97. The van der Waals surface area contributed by atoms with E-state index in [0.717, 1.165) is 18.9 Å². The molecule has 2 aromatic heterocycles. The normalized spacial score (nSPS) is 17.4. The van der Waals surface area contributed by atoms with Crippen LogP contribution in [0.25, 0.3) is 11.4 Å². The fraction of sp³-hybridized carbons (Fsp3) is 0.438. The third-order valence-electron chi connectivity index (χ3n) is 4.18. The number of halogens is 3. The van der Waals surface area contributed by atoms with Gasteiger partial charge in [0.1, 0.15) is 5.82 Å². The molecule has 0 aromatic carbocycles. The van der Waals surface area contributed by atoms with Crippen LogP contribution in [-0.4, -0.2) is 32.2 Å². The van der Waals surface area contributed by atoms with E-state index < -0.39 is 17.4 Å². The Labute approximate surface area is 137 Å². The number of aliphatic hydroxyl groups is 1. The molecule has 2 aromatic rings. The first-order valence-electron chi connectivity index (χ1n) is 7.57. The Bertz CT molecular complexity index is 719. The molecule has 1 aliphatic rings. The number of alkyl halides is 3. The summed E-state index contributed by atoms with van der Waals surface area (Å²) in [4.78, 5) is 11.7. The summed E-state index contributed by atoms with van der Waals surface area (Å²) >= 11 is 0. The zero-order valence-corrected chi connectivity index (χ0v) is 13.0. The predicted molar refractivity (Wildman–Crippen MR) is 82.1 cm³/mol. The number of hydrogen-bond donors (Lipinski definition) is 2. The van der Waals surface area contributed by atoms with Gasteiger partial charge >= 0.3 is 6.18 Å². The lowest BCUT2D eigenvalue weighted by molar-refractivity contribution is -0.141. The van der Waals surface area contributed by atoms with Crippen molar-refractivity contribution in [3.63, 3.8) is 0 Å². The van der Waals surface area contributed by atoms with Gasteiger partial charge in [0.2, 0.25) is 0 Å². The van der Waals surface area contributed by atoms with Gasteiger partial charge in [0, 0.05) is 24.0 Å². The van der Waals surface area contributed by atoms with Crippen LogP contribution in [0, 0.1) is 5.92 Å². The van der Waals surface area contributed by atoms with Crippen LogP contribution in [0.1, 0.15) is 25.5 Å². The molecular weight excluding hydrogens is 321 g/mol. The van der Waals surface area contributed by atoms with Crippen molar-refractivity contribution in [2.24, 2.45) is 5.92 Å². The number of aliphatic hydroxyl groups excluding tert-OH is 1. The van der Waals surface area contributed by atoms with Crippen molar-refractivity contribution < 1.29 is 18.3 Å². The van der Waals surface area contributed by atoms with E-state index >= 15 is 0 Å². The van der Waals surface area contributed by atoms with Crippen molar-refractivity contribution in [3.8, 4) is 11.4 Å². The second-order valence-electron chi connectivity index (χ2n) is 6.17. The van der Waals surface area contributed by atoms with Crippen LogP contribution in [0.3, 0.4) is 0 Å². The molecule has 2 heterocycles. The maximum Gasteiger partial charge on any atom is 0.433 e. The molecule has 3 rings (SSSR count). The Balaban J connectivity index is 2.02. The van der Waals surface area contributed by atoms with Crippen molar-refractivity contribution in [3.05, 3.63) is 36.3 Å². The molecule has 0 amide bonds. The van der Waals surface area contributed by atoms with Crippen molar-refractivity contribution >= 4 is 5.82 Å². The van der Waals surface area contributed by atoms with Gasteiger partial charge in [0.05, 0.1) is 12.1 Å². The molecule has 5 nitrogen and oxygen atoms in total. The molecule has 1 atom stereocenters.